The summed E-state index contributed by atoms with van der Waals surface area (Å²) < 4.78 is 6.33. The number of benzene rings is 6. The fourth-order valence-electron chi connectivity index (χ4n) is 8.85. The van der Waals surface area contributed by atoms with E-state index in [1.807, 2.05) is 0 Å². The lowest BCUT2D eigenvalue weighted by Crippen LogP contribution is -2.25. The third-order valence-electron chi connectivity index (χ3n) is 10.7. The molecule has 0 atom stereocenters. The number of hydrogen-bond donors (Lipinski definition) is 0. The third-order valence-corrected chi connectivity index (χ3v) is 10.7. The number of aryl methyl sites for hydroxylation is 1. The summed E-state index contributed by atoms with van der Waals surface area (Å²) in [6.45, 7) is 4.37. The van der Waals surface area contributed by atoms with E-state index in [4.69, 9.17) is 4.42 Å². The van der Waals surface area contributed by atoms with E-state index in [1.165, 1.54) is 77.9 Å². The Morgan fingerprint density at radius 2 is 1.19 bits per heavy atom. The van der Waals surface area contributed by atoms with Crippen LogP contribution in [0.4, 0.5) is 0 Å². The number of furan rings is 1. The normalized spacial score (nSPS) is 14.7. The highest BCUT2D eigenvalue weighted by atomic mass is 16.3. The predicted octanol–water partition coefficient (Wildman–Crippen LogP) is 11.1. The Balaban J connectivity index is 1.17. The minimum Gasteiger partial charge on any atom is -0.460 e. The molecule has 222 valence electrons. The molecule has 7 aromatic rings. The second-order valence-electron chi connectivity index (χ2n) is 13.0. The van der Waals surface area contributed by atoms with Crippen molar-refractivity contribution in [3.8, 4) is 44.5 Å². The van der Waals surface area contributed by atoms with Gasteiger partial charge in [-0.2, -0.15) is 0 Å². The molecule has 0 saturated carbocycles. The smallest absolute Gasteiger partial charge is 0.134 e. The van der Waals surface area contributed by atoms with Crippen molar-refractivity contribution < 1.29 is 4.42 Å². The number of rotatable bonds is 4. The van der Waals surface area contributed by atoms with Gasteiger partial charge in [-0.3, -0.25) is 4.99 Å². The molecule has 47 heavy (non-hydrogen) atoms. The number of nitrogens with zero attached hydrogens (tertiary/aromatic N) is 1. The topological polar surface area (TPSA) is 25.5 Å². The molecule has 1 heterocycles. The van der Waals surface area contributed by atoms with Crippen molar-refractivity contribution in [1.82, 2.24) is 0 Å². The molecule has 0 radical (unpaired) electrons. The molecule has 1 spiro atoms. The zero-order valence-corrected chi connectivity index (χ0v) is 26.0. The SMILES string of the molecule is C=NCC1=CCCc2oc3ccc(-c4cccc(-c5cccc6c5-c5ccccc5C65c6ccccc6-c6ccccc65)c4)cc3c21. The summed E-state index contributed by atoms with van der Waals surface area (Å²) in [7, 11) is 0. The largest absolute Gasteiger partial charge is 0.460 e. The van der Waals surface area contributed by atoms with Gasteiger partial charge in [0, 0.05) is 17.4 Å². The summed E-state index contributed by atoms with van der Waals surface area (Å²) in [5.74, 6) is 1.06. The van der Waals surface area contributed by atoms with Gasteiger partial charge < -0.3 is 4.42 Å². The van der Waals surface area contributed by atoms with Crippen molar-refractivity contribution in [3.63, 3.8) is 0 Å². The van der Waals surface area contributed by atoms with E-state index in [-0.39, 0.29) is 5.41 Å². The Morgan fingerprint density at radius 1 is 0.574 bits per heavy atom. The summed E-state index contributed by atoms with van der Waals surface area (Å²) >= 11 is 0. The second kappa shape index (κ2) is 9.88. The van der Waals surface area contributed by atoms with Gasteiger partial charge in [-0.15, -0.1) is 0 Å². The van der Waals surface area contributed by atoms with Crippen LogP contribution in [0.2, 0.25) is 0 Å². The Bertz CT molecular complexity index is 2430. The molecule has 2 nitrogen and oxygen atoms in total. The van der Waals surface area contributed by atoms with Gasteiger partial charge in [0.25, 0.3) is 0 Å². The van der Waals surface area contributed by atoms with Gasteiger partial charge in [-0.1, -0.05) is 121 Å². The molecule has 0 unspecified atom stereocenters. The van der Waals surface area contributed by atoms with Gasteiger partial charge in [0.2, 0.25) is 0 Å². The maximum absolute atomic E-state index is 6.33. The fourth-order valence-corrected chi connectivity index (χ4v) is 8.85. The standard InChI is InChI=1S/C45H31NO/c1-46-27-31-13-9-22-42-43(31)36-26-29(23-24-41(36)47-42)28-11-8-12-30(25-28)32-17-10-21-40-44(32)35-16-4-7-20-39(35)45(40)37-18-5-2-14-33(37)34-15-3-6-19-38(34)45/h2-8,10-21,23-26H,1,9,22,27H2. The van der Waals surface area contributed by atoms with Crippen molar-refractivity contribution in [2.45, 2.75) is 18.3 Å². The lowest BCUT2D eigenvalue weighted by molar-refractivity contribution is 0.545. The van der Waals surface area contributed by atoms with Crippen LogP contribution in [0.5, 0.6) is 0 Å². The van der Waals surface area contributed by atoms with Crippen LogP contribution in [-0.2, 0) is 11.8 Å². The molecule has 0 N–H and O–H groups in total. The van der Waals surface area contributed by atoms with Crippen molar-refractivity contribution in [2.24, 2.45) is 4.99 Å². The molecule has 0 fully saturated rings. The molecule has 0 bridgehead atoms. The Morgan fingerprint density at radius 3 is 1.96 bits per heavy atom. The first-order valence-electron chi connectivity index (χ1n) is 16.5. The maximum Gasteiger partial charge on any atom is 0.134 e. The van der Waals surface area contributed by atoms with Crippen molar-refractivity contribution in [1.29, 1.82) is 0 Å². The van der Waals surface area contributed by atoms with Crippen LogP contribution in [-0.4, -0.2) is 13.3 Å². The van der Waals surface area contributed by atoms with E-state index in [2.05, 4.69) is 151 Å². The first-order valence-corrected chi connectivity index (χ1v) is 16.5. The van der Waals surface area contributed by atoms with E-state index in [9.17, 15) is 0 Å². The molecule has 3 aliphatic rings. The highest BCUT2D eigenvalue weighted by molar-refractivity contribution is 6.01. The monoisotopic (exact) mass is 601 g/mol. The zero-order valence-electron chi connectivity index (χ0n) is 26.0. The molecular formula is C45H31NO. The Kier molecular flexibility index (Phi) is 5.57. The van der Waals surface area contributed by atoms with Crippen molar-refractivity contribution in [2.75, 3.05) is 6.54 Å². The van der Waals surface area contributed by atoms with Crippen LogP contribution in [0.1, 0.15) is 40.0 Å². The highest BCUT2D eigenvalue weighted by Crippen LogP contribution is 2.63. The molecule has 0 aliphatic heterocycles. The van der Waals surface area contributed by atoms with E-state index in [1.54, 1.807) is 0 Å². The fraction of sp³-hybridized carbons (Fsp3) is 0.0889. The lowest BCUT2D eigenvalue weighted by Gasteiger charge is -2.30. The lowest BCUT2D eigenvalue weighted by atomic mass is 9.70. The number of fused-ring (bicyclic) bond motifs is 13. The summed E-state index contributed by atoms with van der Waals surface area (Å²) in [6, 6.07) is 49.6. The van der Waals surface area contributed by atoms with E-state index in [0.29, 0.717) is 6.54 Å². The van der Waals surface area contributed by atoms with Crippen LogP contribution < -0.4 is 0 Å². The molecule has 1 aromatic heterocycles. The van der Waals surface area contributed by atoms with Crippen LogP contribution in [0.25, 0.3) is 61.0 Å². The minimum atomic E-state index is -0.344. The number of aliphatic imine (C=N–C) groups is 1. The summed E-state index contributed by atoms with van der Waals surface area (Å²) in [6.07, 6.45) is 4.20. The predicted molar refractivity (Wildman–Crippen MR) is 194 cm³/mol. The Labute approximate surface area is 274 Å². The van der Waals surface area contributed by atoms with Gasteiger partial charge in [0.15, 0.2) is 0 Å². The first kappa shape index (κ1) is 26.5. The maximum atomic E-state index is 6.33. The van der Waals surface area contributed by atoms with Crippen molar-refractivity contribution in [3.05, 3.63) is 173 Å². The molecule has 2 heteroatoms. The van der Waals surface area contributed by atoms with Crippen LogP contribution in [0.15, 0.2) is 149 Å². The van der Waals surface area contributed by atoms with Gasteiger partial charge >= 0.3 is 0 Å². The molecule has 3 aliphatic carbocycles. The average molecular weight is 602 g/mol. The number of hydrogen-bond acceptors (Lipinski definition) is 2. The van der Waals surface area contributed by atoms with Gasteiger partial charge in [-0.25, -0.2) is 0 Å². The quantitative estimate of drug-likeness (QED) is 0.184. The highest BCUT2D eigenvalue weighted by Gasteiger charge is 2.51. The summed E-state index contributed by atoms with van der Waals surface area (Å²) in [4.78, 5) is 4.21. The van der Waals surface area contributed by atoms with E-state index < -0.39 is 0 Å². The summed E-state index contributed by atoms with van der Waals surface area (Å²) in [5.41, 5.74) is 18.6. The van der Waals surface area contributed by atoms with E-state index >= 15 is 0 Å². The first-order chi connectivity index (χ1) is 23.3. The molecular weight excluding hydrogens is 571 g/mol. The van der Waals surface area contributed by atoms with E-state index in [0.717, 1.165) is 29.6 Å². The molecule has 0 amide bonds. The minimum absolute atomic E-state index is 0.344. The van der Waals surface area contributed by atoms with Crippen LogP contribution in [0.3, 0.4) is 0 Å². The summed E-state index contributed by atoms with van der Waals surface area (Å²) in [5, 5.41) is 1.16. The Hall–Kier alpha value is -5.73. The van der Waals surface area contributed by atoms with Crippen molar-refractivity contribution >= 4 is 23.3 Å². The van der Waals surface area contributed by atoms with Gasteiger partial charge in [-0.05, 0) is 104 Å². The average Bonchev–Trinajstić information content (AvgIpc) is 3.76. The zero-order chi connectivity index (χ0) is 31.1. The molecule has 0 saturated heterocycles. The molecule has 10 rings (SSSR count). The number of allylic oxidation sites excluding steroid dienone is 1. The van der Waals surface area contributed by atoms with Crippen LogP contribution in [0, 0.1) is 0 Å². The van der Waals surface area contributed by atoms with Gasteiger partial charge in [0.1, 0.15) is 11.3 Å². The molecule has 6 aromatic carbocycles. The third kappa shape index (κ3) is 3.53. The van der Waals surface area contributed by atoms with Crippen LogP contribution >= 0.6 is 0 Å². The van der Waals surface area contributed by atoms with Gasteiger partial charge in [0.05, 0.1) is 12.0 Å². The second-order valence-corrected chi connectivity index (χ2v) is 13.0.